The summed E-state index contributed by atoms with van der Waals surface area (Å²) in [7, 11) is 0. The van der Waals surface area contributed by atoms with Gasteiger partial charge in [0.25, 0.3) is 0 Å². The largest absolute Gasteiger partial charge is 0.489 e. The maximum absolute atomic E-state index is 5.78. The van der Waals surface area contributed by atoms with E-state index in [9.17, 15) is 0 Å². The van der Waals surface area contributed by atoms with Crippen molar-refractivity contribution in [3.8, 4) is 17.2 Å². The van der Waals surface area contributed by atoms with E-state index >= 15 is 0 Å². The third-order valence-corrected chi connectivity index (χ3v) is 3.05. The van der Waals surface area contributed by atoms with Crippen molar-refractivity contribution in [1.29, 1.82) is 0 Å². The molecule has 1 aromatic heterocycles. The molecule has 0 radical (unpaired) electrons. The van der Waals surface area contributed by atoms with Crippen molar-refractivity contribution in [2.45, 2.75) is 13.5 Å². The van der Waals surface area contributed by atoms with Gasteiger partial charge in [0.1, 0.15) is 12.4 Å². The van der Waals surface area contributed by atoms with Gasteiger partial charge in [0, 0.05) is 5.56 Å². The van der Waals surface area contributed by atoms with Crippen molar-refractivity contribution in [1.82, 2.24) is 10.2 Å². The molecule has 0 aliphatic carbocycles. The van der Waals surface area contributed by atoms with E-state index in [0.29, 0.717) is 12.5 Å². The molecule has 3 aromatic rings. The fourth-order valence-corrected chi connectivity index (χ4v) is 1.92. The number of benzene rings is 2. The Labute approximate surface area is 122 Å². The summed E-state index contributed by atoms with van der Waals surface area (Å²) in [6.07, 6.45) is 0. The topological polar surface area (TPSA) is 74.2 Å². The van der Waals surface area contributed by atoms with Crippen LogP contribution in [0.4, 0.5) is 6.01 Å². The smallest absolute Gasteiger partial charge is 0.313 e. The molecule has 0 atom stereocenters. The molecule has 0 fully saturated rings. The number of aromatic nitrogens is 2. The molecule has 0 aliphatic rings. The molecule has 1 heterocycles. The van der Waals surface area contributed by atoms with Crippen LogP contribution in [0.15, 0.2) is 52.9 Å². The third kappa shape index (κ3) is 3.20. The van der Waals surface area contributed by atoms with Crippen LogP contribution in [0.5, 0.6) is 5.75 Å². The number of nitrogens with two attached hydrogens (primary N) is 1. The van der Waals surface area contributed by atoms with Crippen molar-refractivity contribution in [2.24, 2.45) is 0 Å². The highest BCUT2D eigenvalue weighted by Gasteiger charge is 2.07. The molecule has 5 nitrogen and oxygen atoms in total. The molecule has 0 saturated heterocycles. The van der Waals surface area contributed by atoms with Gasteiger partial charge in [-0.1, -0.05) is 41.0 Å². The van der Waals surface area contributed by atoms with Gasteiger partial charge < -0.3 is 14.9 Å². The second-order valence-corrected chi connectivity index (χ2v) is 4.75. The zero-order valence-electron chi connectivity index (χ0n) is 11.6. The molecule has 0 saturated carbocycles. The molecule has 21 heavy (non-hydrogen) atoms. The number of nitrogens with zero attached hydrogens (tertiary/aromatic N) is 2. The van der Waals surface area contributed by atoms with E-state index in [4.69, 9.17) is 14.9 Å². The van der Waals surface area contributed by atoms with Crippen molar-refractivity contribution in [3.05, 3.63) is 59.7 Å². The van der Waals surface area contributed by atoms with E-state index in [-0.39, 0.29) is 6.01 Å². The summed E-state index contributed by atoms with van der Waals surface area (Å²) in [5.74, 6) is 1.12. The normalized spacial score (nSPS) is 10.5. The van der Waals surface area contributed by atoms with E-state index in [1.165, 1.54) is 5.56 Å². The highest BCUT2D eigenvalue weighted by molar-refractivity contribution is 5.55. The fraction of sp³-hybridized carbons (Fsp3) is 0.125. The van der Waals surface area contributed by atoms with Crippen molar-refractivity contribution >= 4 is 6.01 Å². The van der Waals surface area contributed by atoms with Gasteiger partial charge >= 0.3 is 6.01 Å². The highest BCUT2D eigenvalue weighted by Crippen LogP contribution is 2.23. The Balaban J connectivity index is 1.73. The van der Waals surface area contributed by atoms with Gasteiger partial charge in [0.05, 0.1) is 0 Å². The van der Waals surface area contributed by atoms with Crippen LogP contribution in [0.1, 0.15) is 11.1 Å². The molecule has 106 valence electrons. The Morgan fingerprint density at radius 3 is 2.62 bits per heavy atom. The lowest BCUT2D eigenvalue weighted by atomic mass is 10.2. The lowest BCUT2D eigenvalue weighted by Gasteiger charge is -2.07. The summed E-state index contributed by atoms with van der Waals surface area (Å²) in [5, 5.41) is 7.50. The quantitative estimate of drug-likeness (QED) is 0.794. The zero-order valence-corrected chi connectivity index (χ0v) is 11.6. The third-order valence-electron chi connectivity index (χ3n) is 3.05. The first-order valence-corrected chi connectivity index (χ1v) is 6.58. The van der Waals surface area contributed by atoms with Crippen molar-refractivity contribution < 1.29 is 9.15 Å². The number of rotatable bonds is 4. The molecular weight excluding hydrogens is 266 g/mol. The van der Waals surface area contributed by atoms with Gasteiger partial charge in [-0.15, -0.1) is 5.10 Å². The molecule has 3 rings (SSSR count). The Morgan fingerprint density at radius 1 is 1.10 bits per heavy atom. The Hall–Kier alpha value is -2.82. The summed E-state index contributed by atoms with van der Waals surface area (Å²) in [4.78, 5) is 0. The average molecular weight is 281 g/mol. The van der Waals surface area contributed by atoms with Crippen molar-refractivity contribution in [2.75, 3.05) is 5.73 Å². The number of aryl methyl sites for hydroxylation is 1. The first-order chi connectivity index (χ1) is 10.2. The second-order valence-electron chi connectivity index (χ2n) is 4.75. The summed E-state index contributed by atoms with van der Waals surface area (Å²) >= 11 is 0. The monoisotopic (exact) mass is 281 g/mol. The van der Waals surface area contributed by atoms with Gasteiger partial charge in [-0.2, -0.15) is 0 Å². The van der Waals surface area contributed by atoms with Crippen LogP contribution in [0.3, 0.4) is 0 Å². The maximum atomic E-state index is 5.78. The van der Waals surface area contributed by atoms with Crippen LogP contribution in [-0.4, -0.2) is 10.2 Å². The summed E-state index contributed by atoms with van der Waals surface area (Å²) in [6.45, 7) is 2.57. The predicted molar refractivity (Wildman–Crippen MR) is 79.7 cm³/mol. The number of hydrogen-bond acceptors (Lipinski definition) is 5. The Bertz CT molecular complexity index is 735. The standard InChI is InChI=1S/C16H15N3O2/c1-11-5-7-12(8-6-11)10-20-14-4-2-3-13(9-14)15-18-19-16(17)21-15/h2-9H,10H2,1H3,(H2,17,19). The Morgan fingerprint density at radius 2 is 1.90 bits per heavy atom. The number of hydrogen-bond donors (Lipinski definition) is 1. The number of nitrogen functional groups attached to an aromatic ring is 1. The van der Waals surface area contributed by atoms with Gasteiger partial charge in [-0.05, 0) is 30.7 Å². The van der Waals surface area contributed by atoms with E-state index in [0.717, 1.165) is 16.9 Å². The van der Waals surface area contributed by atoms with Crippen LogP contribution >= 0.6 is 0 Å². The molecule has 0 bridgehead atoms. The minimum atomic E-state index is 0.0518. The SMILES string of the molecule is Cc1ccc(COc2cccc(-c3nnc(N)o3)c2)cc1. The Kier molecular flexibility index (Phi) is 3.55. The molecule has 2 N–H and O–H groups in total. The van der Waals surface area contributed by atoms with Gasteiger partial charge in [0.15, 0.2) is 0 Å². The molecule has 2 aromatic carbocycles. The summed E-state index contributed by atoms with van der Waals surface area (Å²) in [6, 6.07) is 15.8. The first kappa shape index (κ1) is 13.2. The highest BCUT2D eigenvalue weighted by atomic mass is 16.5. The maximum Gasteiger partial charge on any atom is 0.313 e. The van der Waals surface area contributed by atoms with Crippen LogP contribution in [0.25, 0.3) is 11.5 Å². The predicted octanol–water partition coefficient (Wildman–Crippen LogP) is 3.21. The first-order valence-electron chi connectivity index (χ1n) is 6.58. The van der Waals surface area contributed by atoms with E-state index in [2.05, 4.69) is 41.4 Å². The van der Waals surface area contributed by atoms with E-state index in [1.807, 2.05) is 24.3 Å². The molecule has 0 spiro atoms. The van der Waals surface area contributed by atoms with Crippen LogP contribution in [0.2, 0.25) is 0 Å². The lowest BCUT2D eigenvalue weighted by Crippen LogP contribution is -1.95. The van der Waals surface area contributed by atoms with Gasteiger partial charge in [-0.3, -0.25) is 0 Å². The van der Waals surface area contributed by atoms with Crippen LogP contribution < -0.4 is 10.5 Å². The number of ether oxygens (including phenoxy) is 1. The average Bonchev–Trinajstić information content (AvgIpc) is 2.94. The van der Waals surface area contributed by atoms with Crippen LogP contribution in [0, 0.1) is 6.92 Å². The second kappa shape index (κ2) is 5.66. The molecular formula is C16H15N3O2. The summed E-state index contributed by atoms with van der Waals surface area (Å²) < 4.78 is 11.0. The van der Waals surface area contributed by atoms with Crippen molar-refractivity contribution in [3.63, 3.8) is 0 Å². The van der Waals surface area contributed by atoms with E-state index in [1.54, 1.807) is 0 Å². The lowest BCUT2D eigenvalue weighted by molar-refractivity contribution is 0.306. The molecule has 0 aliphatic heterocycles. The summed E-state index contributed by atoms with van der Waals surface area (Å²) in [5.41, 5.74) is 8.56. The fourth-order valence-electron chi connectivity index (χ4n) is 1.92. The minimum Gasteiger partial charge on any atom is -0.489 e. The van der Waals surface area contributed by atoms with E-state index < -0.39 is 0 Å². The van der Waals surface area contributed by atoms with Gasteiger partial charge in [0.2, 0.25) is 5.89 Å². The van der Waals surface area contributed by atoms with Gasteiger partial charge in [-0.25, -0.2) is 0 Å². The van der Waals surface area contributed by atoms with Crippen LogP contribution in [-0.2, 0) is 6.61 Å². The molecule has 0 unspecified atom stereocenters. The molecule has 0 amide bonds. The minimum absolute atomic E-state index is 0.0518. The molecule has 5 heteroatoms. The zero-order chi connectivity index (χ0) is 14.7. The number of anilines is 1.